The normalized spacial score (nSPS) is 15.2. The first-order valence-electron chi connectivity index (χ1n) is 10.8. The van der Waals surface area contributed by atoms with Crippen molar-refractivity contribution in [2.45, 2.75) is 32.0 Å². The third kappa shape index (κ3) is 9.04. The molecule has 1 aliphatic rings. The summed E-state index contributed by atoms with van der Waals surface area (Å²) in [7, 11) is 3.55. The number of nitrogens with zero attached hydrogens (tertiary/aromatic N) is 2. The molecule has 7 heteroatoms. The van der Waals surface area contributed by atoms with Crippen LogP contribution in [0.15, 0.2) is 59.6 Å². The quantitative estimate of drug-likeness (QED) is 0.197. The first-order valence-corrected chi connectivity index (χ1v) is 10.8. The molecule has 1 saturated heterocycles. The van der Waals surface area contributed by atoms with E-state index in [4.69, 9.17) is 4.74 Å². The van der Waals surface area contributed by atoms with Crippen LogP contribution in [0.5, 0.6) is 0 Å². The molecule has 1 fully saturated rings. The number of methoxy groups -OCH3 is 1. The fourth-order valence-electron chi connectivity index (χ4n) is 3.69. The smallest absolute Gasteiger partial charge is 0.191 e. The number of halogens is 1. The summed E-state index contributed by atoms with van der Waals surface area (Å²) in [5, 5.41) is 10.4. The second-order valence-electron chi connectivity index (χ2n) is 7.72. The van der Waals surface area contributed by atoms with Gasteiger partial charge in [0.1, 0.15) is 0 Å². The molecule has 0 amide bonds. The van der Waals surface area contributed by atoms with E-state index in [0.717, 1.165) is 57.2 Å². The molecule has 31 heavy (non-hydrogen) atoms. The highest BCUT2D eigenvalue weighted by molar-refractivity contribution is 14.0. The molecule has 3 rings (SSSR count). The van der Waals surface area contributed by atoms with E-state index in [1.165, 1.54) is 11.1 Å². The molecule has 0 saturated carbocycles. The summed E-state index contributed by atoms with van der Waals surface area (Å²) in [5.41, 5.74) is 3.73. The van der Waals surface area contributed by atoms with Crippen molar-refractivity contribution in [3.63, 3.8) is 0 Å². The highest BCUT2D eigenvalue weighted by Crippen LogP contribution is 2.14. The fourth-order valence-corrected chi connectivity index (χ4v) is 3.69. The number of anilines is 1. The van der Waals surface area contributed by atoms with E-state index in [-0.39, 0.29) is 24.0 Å². The van der Waals surface area contributed by atoms with Crippen LogP contribution >= 0.6 is 24.0 Å². The molecule has 0 unspecified atom stereocenters. The van der Waals surface area contributed by atoms with Crippen molar-refractivity contribution < 1.29 is 4.74 Å². The number of hydrogen-bond donors (Lipinski definition) is 3. The molecule has 3 N–H and O–H groups in total. The van der Waals surface area contributed by atoms with Gasteiger partial charge in [-0.1, -0.05) is 42.5 Å². The van der Waals surface area contributed by atoms with Crippen molar-refractivity contribution in [2.75, 3.05) is 45.7 Å². The number of nitrogens with one attached hydrogen (secondary N) is 3. The van der Waals surface area contributed by atoms with Gasteiger partial charge in [0.25, 0.3) is 0 Å². The van der Waals surface area contributed by atoms with Crippen LogP contribution in [0.2, 0.25) is 0 Å². The maximum Gasteiger partial charge on any atom is 0.191 e. The minimum Gasteiger partial charge on any atom is -0.383 e. The maximum atomic E-state index is 5.06. The van der Waals surface area contributed by atoms with Gasteiger partial charge in [0.15, 0.2) is 5.96 Å². The largest absolute Gasteiger partial charge is 0.383 e. The monoisotopic (exact) mass is 537 g/mol. The molecule has 1 aliphatic heterocycles. The zero-order chi connectivity index (χ0) is 21.0. The Morgan fingerprint density at radius 1 is 1.03 bits per heavy atom. The molecule has 6 nitrogen and oxygen atoms in total. The zero-order valence-electron chi connectivity index (χ0n) is 18.6. The lowest BCUT2D eigenvalue weighted by molar-refractivity contribution is 0.198. The van der Waals surface area contributed by atoms with Gasteiger partial charge in [-0.3, -0.25) is 9.89 Å². The van der Waals surface area contributed by atoms with Gasteiger partial charge in [-0.05, 0) is 36.1 Å². The van der Waals surface area contributed by atoms with Crippen molar-refractivity contribution >= 4 is 35.6 Å². The van der Waals surface area contributed by atoms with Crippen LogP contribution in [-0.4, -0.2) is 57.3 Å². The summed E-state index contributed by atoms with van der Waals surface area (Å²) in [6.07, 6.45) is 2.27. The number of guanidine groups is 1. The predicted molar refractivity (Wildman–Crippen MR) is 140 cm³/mol. The number of hydrogen-bond acceptors (Lipinski definition) is 4. The molecule has 0 spiro atoms. The van der Waals surface area contributed by atoms with E-state index in [9.17, 15) is 0 Å². The van der Waals surface area contributed by atoms with Gasteiger partial charge in [0.05, 0.1) is 6.61 Å². The van der Waals surface area contributed by atoms with Gasteiger partial charge in [0, 0.05) is 58.6 Å². The molecule has 0 aromatic heterocycles. The Balaban J connectivity index is 0.00000341. The van der Waals surface area contributed by atoms with E-state index >= 15 is 0 Å². The molecular formula is C24H36IN5O. The molecular weight excluding hydrogens is 501 g/mol. The summed E-state index contributed by atoms with van der Waals surface area (Å²) in [6, 6.07) is 19.7. The number of benzene rings is 2. The molecule has 0 atom stereocenters. The van der Waals surface area contributed by atoms with E-state index in [2.05, 4.69) is 80.4 Å². The van der Waals surface area contributed by atoms with Crippen LogP contribution in [-0.2, 0) is 17.8 Å². The first-order chi connectivity index (χ1) is 14.8. The standard InChI is InChI=1S/C24H35N5O.HI/c1-25-24(27-18-20-8-10-22(11-9-20)26-14-17-30-2)28-23-12-15-29(16-13-23)19-21-6-4-3-5-7-21;/h3-11,23,26H,12-19H2,1-2H3,(H2,25,27,28);1H. The number of piperidine rings is 1. The van der Waals surface area contributed by atoms with Crippen molar-refractivity contribution in [2.24, 2.45) is 4.99 Å². The Morgan fingerprint density at radius 3 is 2.39 bits per heavy atom. The van der Waals surface area contributed by atoms with Crippen LogP contribution < -0.4 is 16.0 Å². The molecule has 0 radical (unpaired) electrons. The third-order valence-corrected chi connectivity index (χ3v) is 5.45. The fraction of sp³-hybridized carbons (Fsp3) is 0.458. The highest BCUT2D eigenvalue weighted by atomic mass is 127. The van der Waals surface area contributed by atoms with Gasteiger partial charge in [0.2, 0.25) is 0 Å². The Bertz CT molecular complexity index is 761. The summed E-state index contributed by atoms with van der Waals surface area (Å²) >= 11 is 0. The molecule has 170 valence electrons. The van der Waals surface area contributed by atoms with Crippen molar-refractivity contribution in [1.82, 2.24) is 15.5 Å². The summed E-state index contributed by atoms with van der Waals surface area (Å²) in [6.45, 7) is 5.54. The molecule has 2 aromatic rings. The number of ether oxygens (including phenoxy) is 1. The number of aliphatic imine (C=N–C) groups is 1. The molecule has 1 heterocycles. The average molecular weight is 537 g/mol. The van der Waals surface area contributed by atoms with Crippen LogP contribution in [0.1, 0.15) is 24.0 Å². The second kappa shape index (κ2) is 14.3. The SMILES string of the molecule is CN=C(NCc1ccc(NCCOC)cc1)NC1CCN(Cc2ccccc2)CC1.I. The topological polar surface area (TPSA) is 60.9 Å². The van der Waals surface area contributed by atoms with Crippen molar-refractivity contribution in [1.29, 1.82) is 0 Å². The predicted octanol–water partition coefficient (Wildman–Crippen LogP) is 3.69. The Labute approximate surface area is 203 Å². The summed E-state index contributed by atoms with van der Waals surface area (Å²) in [4.78, 5) is 6.94. The lowest BCUT2D eigenvalue weighted by atomic mass is 10.0. The van der Waals surface area contributed by atoms with Crippen molar-refractivity contribution in [3.8, 4) is 0 Å². The van der Waals surface area contributed by atoms with Crippen LogP contribution in [0.25, 0.3) is 0 Å². The third-order valence-electron chi connectivity index (χ3n) is 5.45. The van der Waals surface area contributed by atoms with E-state index in [0.29, 0.717) is 12.6 Å². The maximum absolute atomic E-state index is 5.06. The minimum absolute atomic E-state index is 0. The lowest BCUT2D eigenvalue weighted by Gasteiger charge is -2.33. The van der Waals surface area contributed by atoms with Crippen molar-refractivity contribution in [3.05, 3.63) is 65.7 Å². The lowest BCUT2D eigenvalue weighted by Crippen LogP contribution is -2.48. The summed E-state index contributed by atoms with van der Waals surface area (Å²) < 4.78 is 5.06. The molecule has 2 aromatic carbocycles. The highest BCUT2D eigenvalue weighted by Gasteiger charge is 2.20. The Hall–Kier alpha value is -1.84. The number of likely N-dealkylation sites (tertiary alicyclic amines) is 1. The van der Waals surface area contributed by atoms with Gasteiger partial charge in [-0.2, -0.15) is 0 Å². The van der Waals surface area contributed by atoms with Crippen LogP contribution in [0, 0.1) is 0 Å². The van der Waals surface area contributed by atoms with Gasteiger partial charge >= 0.3 is 0 Å². The molecule has 0 bridgehead atoms. The number of rotatable bonds is 9. The van der Waals surface area contributed by atoms with Crippen LogP contribution in [0.4, 0.5) is 5.69 Å². The minimum atomic E-state index is 0. The zero-order valence-corrected chi connectivity index (χ0v) is 21.0. The van der Waals surface area contributed by atoms with Gasteiger partial charge < -0.3 is 20.7 Å². The first kappa shape index (κ1) is 25.4. The van der Waals surface area contributed by atoms with E-state index in [1.54, 1.807) is 7.11 Å². The Morgan fingerprint density at radius 2 is 1.74 bits per heavy atom. The van der Waals surface area contributed by atoms with Gasteiger partial charge in [-0.15, -0.1) is 24.0 Å². The molecule has 0 aliphatic carbocycles. The van der Waals surface area contributed by atoms with Crippen LogP contribution in [0.3, 0.4) is 0 Å². The van der Waals surface area contributed by atoms with Gasteiger partial charge in [-0.25, -0.2) is 0 Å². The van der Waals surface area contributed by atoms with E-state index < -0.39 is 0 Å². The average Bonchev–Trinajstić information content (AvgIpc) is 2.79. The van der Waals surface area contributed by atoms with E-state index in [1.807, 2.05) is 7.05 Å². The second-order valence-corrected chi connectivity index (χ2v) is 7.72. The summed E-state index contributed by atoms with van der Waals surface area (Å²) in [5.74, 6) is 0.874. The Kier molecular flexibility index (Phi) is 11.7.